The second kappa shape index (κ2) is 4.24. The summed E-state index contributed by atoms with van der Waals surface area (Å²) in [7, 11) is 0. The summed E-state index contributed by atoms with van der Waals surface area (Å²) in [4.78, 5) is 0. The predicted octanol–water partition coefficient (Wildman–Crippen LogP) is 0.751. The molecule has 0 spiro atoms. The van der Waals surface area contributed by atoms with Gasteiger partial charge in [0.25, 0.3) is 0 Å². The van der Waals surface area contributed by atoms with E-state index in [1.165, 1.54) is 0 Å². The van der Waals surface area contributed by atoms with Gasteiger partial charge in [0.2, 0.25) is 0 Å². The molecular weight excluding hydrogens is 150 g/mol. The lowest BCUT2D eigenvalue weighted by Gasteiger charge is -2.13. The third-order valence-corrected chi connectivity index (χ3v) is 1.81. The molecular formula is C10H14NO. The van der Waals surface area contributed by atoms with E-state index >= 15 is 0 Å². The molecule has 0 saturated carbocycles. The van der Waals surface area contributed by atoms with Crippen LogP contribution in [0.15, 0.2) is 30.3 Å². The summed E-state index contributed by atoms with van der Waals surface area (Å²) in [5, 5.41) is 9.05. The van der Waals surface area contributed by atoms with Gasteiger partial charge in [-0.3, -0.25) is 0 Å². The SMILES string of the molecule is [CH2]C(O)[C@H](N)Cc1ccccc1. The van der Waals surface area contributed by atoms with Crippen LogP contribution in [0.2, 0.25) is 0 Å². The Bertz CT molecular complexity index is 221. The van der Waals surface area contributed by atoms with E-state index in [0.717, 1.165) is 5.56 Å². The maximum atomic E-state index is 9.05. The Balaban J connectivity index is 2.53. The molecule has 0 heterocycles. The molecule has 1 aromatic rings. The summed E-state index contributed by atoms with van der Waals surface area (Å²) in [5.41, 5.74) is 6.77. The molecule has 0 aliphatic carbocycles. The standard InChI is InChI=1S/C10H14NO/c1-8(12)10(11)7-9-5-3-2-4-6-9/h2-6,8,10,12H,1,7,11H2/t8?,10-/m1/s1. The van der Waals surface area contributed by atoms with Gasteiger partial charge in [0.05, 0.1) is 6.10 Å². The summed E-state index contributed by atoms with van der Waals surface area (Å²) < 4.78 is 0. The van der Waals surface area contributed by atoms with Crippen molar-refractivity contribution in [3.8, 4) is 0 Å². The highest BCUT2D eigenvalue weighted by Gasteiger charge is 2.08. The minimum absolute atomic E-state index is 0.271. The Hall–Kier alpha value is -0.860. The zero-order valence-corrected chi connectivity index (χ0v) is 6.98. The second-order valence-corrected chi connectivity index (χ2v) is 2.92. The fourth-order valence-corrected chi connectivity index (χ4v) is 1.02. The van der Waals surface area contributed by atoms with E-state index in [1.807, 2.05) is 30.3 Å². The predicted molar refractivity (Wildman–Crippen MR) is 49.5 cm³/mol. The van der Waals surface area contributed by atoms with Crippen molar-refractivity contribution < 1.29 is 5.11 Å². The van der Waals surface area contributed by atoms with Crippen LogP contribution >= 0.6 is 0 Å². The monoisotopic (exact) mass is 164 g/mol. The van der Waals surface area contributed by atoms with Gasteiger partial charge in [-0.25, -0.2) is 0 Å². The van der Waals surface area contributed by atoms with Crippen molar-refractivity contribution in [3.05, 3.63) is 42.8 Å². The number of benzene rings is 1. The quantitative estimate of drug-likeness (QED) is 0.692. The summed E-state index contributed by atoms with van der Waals surface area (Å²) in [6.45, 7) is 3.47. The van der Waals surface area contributed by atoms with Crippen molar-refractivity contribution in [1.82, 2.24) is 0 Å². The number of hydrogen-bond acceptors (Lipinski definition) is 2. The first-order valence-electron chi connectivity index (χ1n) is 4.01. The van der Waals surface area contributed by atoms with Crippen molar-refractivity contribution >= 4 is 0 Å². The Morgan fingerprint density at radius 1 is 1.33 bits per heavy atom. The second-order valence-electron chi connectivity index (χ2n) is 2.92. The molecule has 2 nitrogen and oxygen atoms in total. The van der Waals surface area contributed by atoms with Crippen LogP contribution in [0.25, 0.3) is 0 Å². The van der Waals surface area contributed by atoms with Crippen LogP contribution in [0, 0.1) is 6.92 Å². The maximum Gasteiger partial charge on any atom is 0.0695 e. The van der Waals surface area contributed by atoms with Gasteiger partial charge in [0, 0.05) is 6.04 Å². The topological polar surface area (TPSA) is 46.2 Å². The molecule has 0 aliphatic heterocycles. The van der Waals surface area contributed by atoms with Gasteiger partial charge in [-0.1, -0.05) is 30.3 Å². The highest BCUT2D eigenvalue weighted by molar-refractivity contribution is 5.16. The van der Waals surface area contributed by atoms with E-state index in [9.17, 15) is 0 Å². The van der Waals surface area contributed by atoms with E-state index < -0.39 is 6.10 Å². The third kappa shape index (κ3) is 2.64. The first-order chi connectivity index (χ1) is 5.70. The molecule has 1 rings (SSSR count). The zero-order chi connectivity index (χ0) is 8.97. The van der Waals surface area contributed by atoms with Crippen LogP contribution in [0.4, 0.5) is 0 Å². The lowest BCUT2D eigenvalue weighted by Crippen LogP contribution is -2.34. The van der Waals surface area contributed by atoms with Crippen molar-refractivity contribution in [3.63, 3.8) is 0 Å². The fourth-order valence-electron chi connectivity index (χ4n) is 1.02. The molecule has 12 heavy (non-hydrogen) atoms. The lowest BCUT2D eigenvalue weighted by atomic mass is 10.0. The molecule has 0 amide bonds. The van der Waals surface area contributed by atoms with Crippen LogP contribution in [-0.2, 0) is 6.42 Å². The number of hydrogen-bond donors (Lipinski definition) is 2. The Morgan fingerprint density at radius 2 is 1.92 bits per heavy atom. The van der Waals surface area contributed by atoms with E-state index in [0.29, 0.717) is 6.42 Å². The van der Waals surface area contributed by atoms with E-state index in [2.05, 4.69) is 6.92 Å². The van der Waals surface area contributed by atoms with Crippen LogP contribution in [-0.4, -0.2) is 17.3 Å². The molecule has 2 heteroatoms. The smallest absolute Gasteiger partial charge is 0.0695 e. The first-order valence-corrected chi connectivity index (χ1v) is 4.01. The molecule has 1 aromatic carbocycles. The minimum atomic E-state index is -0.690. The molecule has 2 atom stereocenters. The molecule has 0 fully saturated rings. The van der Waals surface area contributed by atoms with Crippen molar-refractivity contribution in [2.75, 3.05) is 0 Å². The summed E-state index contributed by atoms with van der Waals surface area (Å²) in [5.74, 6) is 0. The van der Waals surface area contributed by atoms with E-state index in [-0.39, 0.29) is 6.04 Å². The maximum absolute atomic E-state index is 9.05. The highest BCUT2D eigenvalue weighted by atomic mass is 16.3. The summed E-state index contributed by atoms with van der Waals surface area (Å²) >= 11 is 0. The van der Waals surface area contributed by atoms with Crippen molar-refractivity contribution in [2.24, 2.45) is 5.73 Å². The van der Waals surface area contributed by atoms with Crippen molar-refractivity contribution in [1.29, 1.82) is 0 Å². The molecule has 0 aromatic heterocycles. The Morgan fingerprint density at radius 3 is 2.42 bits per heavy atom. The minimum Gasteiger partial charge on any atom is -0.392 e. The molecule has 1 radical (unpaired) electrons. The van der Waals surface area contributed by atoms with Gasteiger partial charge in [0.1, 0.15) is 0 Å². The number of aliphatic hydroxyl groups excluding tert-OH is 1. The lowest BCUT2D eigenvalue weighted by molar-refractivity contribution is 0.188. The summed E-state index contributed by atoms with van der Waals surface area (Å²) in [6, 6.07) is 9.57. The third-order valence-electron chi connectivity index (χ3n) is 1.81. The molecule has 1 unspecified atom stereocenters. The largest absolute Gasteiger partial charge is 0.392 e. The Kier molecular flexibility index (Phi) is 3.26. The number of rotatable bonds is 3. The van der Waals surface area contributed by atoms with Gasteiger partial charge in [-0.05, 0) is 18.9 Å². The normalized spacial score (nSPS) is 15.6. The number of aliphatic hydroxyl groups is 1. The molecule has 0 bridgehead atoms. The molecule has 3 N–H and O–H groups in total. The molecule has 0 saturated heterocycles. The van der Waals surface area contributed by atoms with Crippen molar-refractivity contribution in [2.45, 2.75) is 18.6 Å². The average Bonchev–Trinajstić information content (AvgIpc) is 2.06. The van der Waals surface area contributed by atoms with Crippen LogP contribution in [0.1, 0.15) is 5.56 Å². The van der Waals surface area contributed by atoms with E-state index in [4.69, 9.17) is 10.8 Å². The van der Waals surface area contributed by atoms with Crippen LogP contribution in [0.5, 0.6) is 0 Å². The van der Waals surface area contributed by atoms with E-state index in [1.54, 1.807) is 0 Å². The van der Waals surface area contributed by atoms with Gasteiger partial charge in [-0.2, -0.15) is 0 Å². The van der Waals surface area contributed by atoms with Gasteiger partial charge in [0.15, 0.2) is 0 Å². The summed E-state index contributed by atoms with van der Waals surface area (Å²) in [6.07, 6.45) is -0.0175. The first kappa shape index (κ1) is 9.23. The van der Waals surface area contributed by atoms with Crippen LogP contribution in [0.3, 0.4) is 0 Å². The molecule has 65 valence electrons. The van der Waals surface area contributed by atoms with Gasteiger partial charge in [-0.15, -0.1) is 0 Å². The highest BCUT2D eigenvalue weighted by Crippen LogP contribution is 2.03. The molecule has 0 aliphatic rings. The fraction of sp³-hybridized carbons (Fsp3) is 0.300. The number of nitrogens with two attached hydrogens (primary N) is 1. The Labute approximate surface area is 73.0 Å². The average molecular weight is 164 g/mol. The van der Waals surface area contributed by atoms with Gasteiger partial charge >= 0.3 is 0 Å². The van der Waals surface area contributed by atoms with Gasteiger partial charge < -0.3 is 10.8 Å². The zero-order valence-electron chi connectivity index (χ0n) is 6.98. The van der Waals surface area contributed by atoms with Crippen LogP contribution < -0.4 is 5.73 Å².